The Morgan fingerprint density at radius 1 is 1.36 bits per heavy atom. The van der Waals surface area contributed by atoms with Gasteiger partial charge < -0.3 is 9.88 Å². The zero-order chi connectivity index (χ0) is 20.4. The van der Waals surface area contributed by atoms with Gasteiger partial charge in [0.2, 0.25) is 5.91 Å². The van der Waals surface area contributed by atoms with Crippen LogP contribution in [0, 0.1) is 19.8 Å². The molecule has 4 heteroatoms. The second-order valence-electron chi connectivity index (χ2n) is 9.13. The second-order valence-corrected chi connectivity index (χ2v) is 9.13. The third-order valence-corrected chi connectivity index (χ3v) is 7.18. The van der Waals surface area contributed by atoms with Crippen LogP contribution in [0.1, 0.15) is 50.1 Å². The van der Waals surface area contributed by atoms with E-state index in [0.29, 0.717) is 0 Å². The quantitative estimate of drug-likeness (QED) is 0.863. The van der Waals surface area contributed by atoms with Crippen LogP contribution in [-0.2, 0) is 11.2 Å². The van der Waals surface area contributed by atoms with Gasteiger partial charge in [-0.1, -0.05) is 25.1 Å². The van der Waals surface area contributed by atoms with Crippen molar-refractivity contribution in [2.45, 2.75) is 59.5 Å². The van der Waals surface area contributed by atoms with Gasteiger partial charge in [0.15, 0.2) is 0 Å². The summed E-state index contributed by atoms with van der Waals surface area (Å²) in [7, 11) is 1.92. The van der Waals surface area contributed by atoms with E-state index in [4.69, 9.17) is 0 Å². The van der Waals surface area contributed by atoms with E-state index < -0.39 is 0 Å². The molecule has 4 rings (SSSR count). The maximum Gasteiger partial charge on any atom is 0.230 e. The average Bonchev–Trinajstić information content (AvgIpc) is 2.99. The van der Waals surface area contributed by atoms with Crippen molar-refractivity contribution >= 4 is 22.4 Å². The predicted octanol–water partition coefficient (Wildman–Crippen LogP) is 4.30. The third-order valence-electron chi connectivity index (χ3n) is 7.18. The molecule has 2 heterocycles. The number of aromatic amines is 1. The Bertz CT molecular complexity index is 983. The first-order valence-corrected chi connectivity index (χ1v) is 10.5. The van der Waals surface area contributed by atoms with Crippen LogP contribution in [0.4, 0.5) is 0 Å². The number of likely N-dealkylation sites (N-methyl/N-ethyl adjacent to an activating group) is 1. The maximum absolute atomic E-state index is 13.2. The minimum Gasteiger partial charge on any atom is -0.358 e. The maximum atomic E-state index is 13.2. The highest BCUT2D eigenvalue weighted by atomic mass is 16.2. The van der Waals surface area contributed by atoms with Crippen LogP contribution in [0.2, 0.25) is 0 Å². The summed E-state index contributed by atoms with van der Waals surface area (Å²) >= 11 is 0. The second kappa shape index (κ2) is 6.48. The summed E-state index contributed by atoms with van der Waals surface area (Å²) in [5.74, 6) is 0.135. The standard InChI is InChI=1S/C24H33N3O/c1-8-27-13-17(23(28)26(7)14(2)3)11-20-18-10-9-15(4)22-21(18)19(16(5)25-22)12-24(20,27)6/h9-11,14,17,25H,8,12-13H2,1-7H3/t17-,24-/m1/s1. The molecule has 0 saturated carbocycles. The summed E-state index contributed by atoms with van der Waals surface area (Å²) in [6.45, 7) is 14.8. The van der Waals surface area contributed by atoms with E-state index in [1.165, 1.54) is 38.9 Å². The van der Waals surface area contributed by atoms with Crippen molar-refractivity contribution in [3.63, 3.8) is 0 Å². The third kappa shape index (κ3) is 2.57. The molecule has 2 aromatic rings. The molecule has 1 aromatic carbocycles. The van der Waals surface area contributed by atoms with Gasteiger partial charge in [-0.15, -0.1) is 0 Å². The van der Waals surface area contributed by atoms with Crippen LogP contribution in [0.15, 0.2) is 18.2 Å². The zero-order valence-corrected chi connectivity index (χ0v) is 18.3. The highest BCUT2D eigenvalue weighted by Crippen LogP contribution is 2.49. The molecular weight excluding hydrogens is 346 g/mol. The predicted molar refractivity (Wildman–Crippen MR) is 117 cm³/mol. The highest BCUT2D eigenvalue weighted by Gasteiger charge is 2.46. The Morgan fingerprint density at radius 3 is 2.71 bits per heavy atom. The Morgan fingerprint density at radius 2 is 2.07 bits per heavy atom. The molecule has 0 spiro atoms. The lowest BCUT2D eigenvalue weighted by Crippen LogP contribution is -2.56. The van der Waals surface area contributed by atoms with Gasteiger partial charge in [-0.3, -0.25) is 9.69 Å². The van der Waals surface area contributed by atoms with Crippen molar-refractivity contribution < 1.29 is 4.79 Å². The number of H-pyrrole nitrogens is 1. The lowest BCUT2D eigenvalue weighted by Gasteiger charge is -2.50. The van der Waals surface area contributed by atoms with Gasteiger partial charge in [-0.25, -0.2) is 0 Å². The first-order chi connectivity index (χ1) is 13.2. The van der Waals surface area contributed by atoms with E-state index in [0.717, 1.165) is 19.5 Å². The fourth-order valence-electron chi connectivity index (χ4n) is 5.19. The molecule has 28 heavy (non-hydrogen) atoms. The monoisotopic (exact) mass is 379 g/mol. The van der Waals surface area contributed by atoms with Gasteiger partial charge in [0, 0.05) is 41.8 Å². The van der Waals surface area contributed by atoms with E-state index in [9.17, 15) is 4.79 Å². The van der Waals surface area contributed by atoms with Gasteiger partial charge in [-0.05, 0) is 69.8 Å². The number of carbonyl (C=O) groups excluding carboxylic acids is 1. The van der Waals surface area contributed by atoms with Crippen LogP contribution < -0.4 is 0 Å². The Balaban J connectivity index is 1.92. The molecule has 2 atom stereocenters. The molecular formula is C24H33N3O. The lowest BCUT2D eigenvalue weighted by molar-refractivity contribution is -0.135. The largest absolute Gasteiger partial charge is 0.358 e. The molecule has 0 radical (unpaired) electrons. The molecule has 0 bridgehead atoms. The van der Waals surface area contributed by atoms with E-state index in [1.54, 1.807) is 0 Å². The summed E-state index contributed by atoms with van der Waals surface area (Å²) in [6.07, 6.45) is 3.28. The summed E-state index contributed by atoms with van der Waals surface area (Å²) in [5.41, 5.74) is 7.82. The van der Waals surface area contributed by atoms with E-state index in [1.807, 2.05) is 11.9 Å². The summed E-state index contributed by atoms with van der Waals surface area (Å²) in [6, 6.07) is 4.70. The lowest BCUT2D eigenvalue weighted by atomic mass is 9.70. The zero-order valence-electron chi connectivity index (χ0n) is 18.3. The van der Waals surface area contributed by atoms with Crippen LogP contribution >= 0.6 is 0 Å². The van der Waals surface area contributed by atoms with E-state index >= 15 is 0 Å². The topological polar surface area (TPSA) is 39.3 Å². The van der Waals surface area contributed by atoms with Crippen molar-refractivity contribution in [3.8, 4) is 0 Å². The molecule has 2 aliphatic rings. The molecule has 1 aromatic heterocycles. The van der Waals surface area contributed by atoms with Crippen molar-refractivity contribution in [2.75, 3.05) is 20.1 Å². The molecule has 1 N–H and O–H groups in total. The first kappa shape index (κ1) is 19.3. The average molecular weight is 380 g/mol. The van der Waals surface area contributed by atoms with Crippen molar-refractivity contribution in [2.24, 2.45) is 5.92 Å². The summed E-state index contributed by atoms with van der Waals surface area (Å²) < 4.78 is 0. The fourth-order valence-corrected chi connectivity index (χ4v) is 5.19. The van der Waals surface area contributed by atoms with Crippen LogP contribution in [0.25, 0.3) is 16.5 Å². The van der Waals surface area contributed by atoms with Crippen molar-refractivity contribution in [1.82, 2.24) is 14.8 Å². The molecule has 1 aliphatic heterocycles. The molecule has 150 valence electrons. The molecule has 1 aliphatic carbocycles. The van der Waals surface area contributed by atoms with Crippen molar-refractivity contribution in [3.05, 3.63) is 40.6 Å². The molecule has 4 nitrogen and oxygen atoms in total. The van der Waals surface area contributed by atoms with Crippen LogP contribution in [-0.4, -0.2) is 52.4 Å². The van der Waals surface area contributed by atoms with Crippen LogP contribution in [0.3, 0.4) is 0 Å². The Kier molecular flexibility index (Phi) is 4.46. The van der Waals surface area contributed by atoms with Gasteiger partial charge >= 0.3 is 0 Å². The minimum absolute atomic E-state index is 0.0654. The van der Waals surface area contributed by atoms with Gasteiger partial charge in [0.1, 0.15) is 0 Å². The highest BCUT2D eigenvalue weighted by molar-refractivity contribution is 6.02. The number of hydrogen-bond donors (Lipinski definition) is 1. The summed E-state index contributed by atoms with van der Waals surface area (Å²) in [5, 5.41) is 1.36. The number of carbonyl (C=O) groups is 1. The molecule has 1 amide bonds. The number of aryl methyl sites for hydroxylation is 2. The Hall–Kier alpha value is -2.07. The SMILES string of the molecule is CCN1C[C@H](C(=O)N(C)C(C)C)C=C2c3ccc(C)c4[nH]c(C)c(c34)C[C@]21C. The number of fused-ring (bicyclic) bond motifs is 2. The van der Waals surface area contributed by atoms with E-state index in [-0.39, 0.29) is 23.4 Å². The molecule has 0 fully saturated rings. The number of nitrogens with one attached hydrogen (secondary N) is 1. The van der Waals surface area contributed by atoms with Crippen molar-refractivity contribution in [1.29, 1.82) is 0 Å². The van der Waals surface area contributed by atoms with Gasteiger partial charge in [0.05, 0.1) is 5.92 Å². The number of amides is 1. The normalized spacial score (nSPS) is 24.4. The van der Waals surface area contributed by atoms with Gasteiger partial charge in [-0.2, -0.15) is 0 Å². The number of rotatable bonds is 3. The summed E-state index contributed by atoms with van der Waals surface area (Å²) in [4.78, 5) is 21.2. The smallest absolute Gasteiger partial charge is 0.230 e. The number of nitrogens with zero attached hydrogens (tertiary/aromatic N) is 2. The number of benzene rings is 1. The van der Waals surface area contributed by atoms with E-state index in [2.05, 4.69) is 69.6 Å². The number of aromatic nitrogens is 1. The Labute approximate surface area is 168 Å². The van der Waals surface area contributed by atoms with Crippen LogP contribution in [0.5, 0.6) is 0 Å². The molecule has 0 unspecified atom stereocenters. The molecule has 0 saturated heterocycles. The first-order valence-electron chi connectivity index (χ1n) is 10.5. The number of hydrogen-bond acceptors (Lipinski definition) is 2. The fraction of sp³-hybridized carbons (Fsp3) is 0.542. The van der Waals surface area contributed by atoms with Gasteiger partial charge in [0.25, 0.3) is 0 Å². The minimum atomic E-state index is -0.0895.